The predicted molar refractivity (Wildman–Crippen MR) is 64.1 cm³/mol. The molecule has 0 aliphatic carbocycles. The number of carbonyl (C=O) groups is 1. The van der Waals surface area contributed by atoms with E-state index in [-0.39, 0.29) is 5.91 Å². The van der Waals surface area contributed by atoms with E-state index in [0.717, 1.165) is 25.9 Å². The second-order valence-corrected chi connectivity index (χ2v) is 3.86. The first-order valence-electron chi connectivity index (χ1n) is 5.68. The summed E-state index contributed by atoms with van der Waals surface area (Å²) in [4.78, 5) is 14.0. The van der Waals surface area contributed by atoms with Crippen LogP contribution >= 0.6 is 0 Å². The molecular weight excluding hydrogens is 204 g/mol. The maximum Gasteiger partial charge on any atom is 0.259 e. The number of nitrogens with two attached hydrogens (primary N) is 1. The molecule has 90 valence electrons. The lowest BCUT2D eigenvalue weighted by molar-refractivity contribution is 0.0756. The van der Waals surface area contributed by atoms with Crippen LogP contribution in [0, 0.1) is 0 Å². The van der Waals surface area contributed by atoms with E-state index in [1.807, 2.05) is 4.90 Å². The summed E-state index contributed by atoms with van der Waals surface area (Å²) in [5, 5.41) is 3.98. The van der Waals surface area contributed by atoms with E-state index >= 15 is 0 Å². The van der Waals surface area contributed by atoms with Crippen LogP contribution in [0.3, 0.4) is 0 Å². The number of nitrogens with zero attached hydrogens (tertiary/aromatic N) is 3. The number of aromatic nitrogens is 2. The molecule has 1 aromatic rings. The Kier molecular flexibility index (Phi) is 4.34. The van der Waals surface area contributed by atoms with Gasteiger partial charge in [0.25, 0.3) is 5.91 Å². The molecule has 0 aromatic carbocycles. The third-order valence-electron chi connectivity index (χ3n) is 2.49. The lowest BCUT2D eigenvalue weighted by Gasteiger charge is -2.20. The van der Waals surface area contributed by atoms with Gasteiger partial charge in [-0.2, -0.15) is 5.10 Å². The van der Waals surface area contributed by atoms with Gasteiger partial charge in [0.1, 0.15) is 11.4 Å². The monoisotopic (exact) mass is 224 g/mol. The Balaban J connectivity index is 2.85. The molecule has 1 heterocycles. The third-order valence-corrected chi connectivity index (χ3v) is 2.49. The summed E-state index contributed by atoms with van der Waals surface area (Å²) >= 11 is 0. The largest absolute Gasteiger partial charge is 0.383 e. The molecule has 0 spiro atoms. The fraction of sp³-hybridized carbons (Fsp3) is 0.636. The number of hydrogen-bond donors (Lipinski definition) is 1. The average molecular weight is 224 g/mol. The molecule has 0 unspecified atom stereocenters. The van der Waals surface area contributed by atoms with Gasteiger partial charge < -0.3 is 10.6 Å². The molecule has 0 saturated carbocycles. The van der Waals surface area contributed by atoms with E-state index in [1.165, 1.54) is 10.9 Å². The molecule has 1 aromatic heterocycles. The Labute approximate surface area is 96.2 Å². The zero-order valence-electron chi connectivity index (χ0n) is 10.2. The van der Waals surface area contributed by atoms with Crippen molar-refractivity contribution in [2.24, 2.45) is 7.05 Å². The van der Waals surface area contributed by atoms with Crippen LogP contribution in [0.5, 0.6) is 0 Å². The topological polar surface area (TPSA) is 64.2 Å². The highest BCUT2D eigenvalue weighted by Gasteiger charge is 2.19. The van der Waals surface area contributed by atoms with Gasteiger partial charge in [-0.05, 0) is 12.8 Å². The van der Waals surface area contributed by atoms with Gasteiger partial charge >= 0.3 is 0 Å². The average Bonchev–Trinajstić information content (AvgIpc) is 2.59. The van der Waals surface area contributed by atoms with E-state index in [9.17, 15) is 4.79 Å². The normalized spacial score (nSPS) is 10.4. The van der Waals surface area contributed by atoms with Crippen LogP contribution in [0.2, 0.25) is 0 Å². The van der Waals surface area contributed by atoms with E-state index in [2.05, 4.69) is 18.9 Å². The summed E-state index contributed by atoms with van der Waals surface area (Å²) < 4.78 is 1.52. The maximum absolute atomic E-state index is 12.2. The summed E-state index contributed by atoms with van der Waals surface area (Å²) in [6, 6.07) is 0. The molecule has 0 bridgehead atoms. The van der Waals surface area contributed by atoms with Crippen molar-refractivity contribution in [1.82, 2.24) is 14.7 Å². The summed E-state index contributed by atoms with van der Waals surface area (Å²) in [6.07, 6.45) is 3.44. The number of hydrogen-bond acceptors (Lipinski definition) is 3. The Morgan fingerprint density at radius 3 is 2.38 bits per heavy atom. The number of nitrogen functional groups attached to an aromatic ring is 1. The van der Waals surface area contributed by atoms with E-state index in [4.69, 9.17) is 5.73 Å². The van der Waals surface area contributed by atoms with Crippen molar-refractivity contribution in [1.29, 1.82) is 0 Å². The lowest BCUT2D eigenvalue weighted by Crippen LogP contribution is -2.32. The molecule has 5 nitrogen and oxygen atoms in total. The van der Waals surface area contributed by atoms with Gasteiger partial charge in [-0.1, -0.05) is 13.8 Å². The second kappa shape index (κ2) is 5.53. The fourth-order valence-corrected chi connectivity index (χ4v) is 1.64. The number of amides is 1. The van der Waals surface area contributed by atoms with Crippen LogP contribution in [0.1, 0.15) is 37.0 Å². The van der Waals surface area contributed by atoms with Gasteiger partial charge in [-0.25, -0.2) is 0 Å². The highest BCUT2D eigenvalue weighted by atomic mass is 16.2. The van der Waals surface area contributed by atoms with Crippen molar-refractivity contribution in [3.8, 4) is 0 Å². The molecule has 0 aliphatic rings. The Hall–Kier alpha value is -1.52. The maximum atomic E-state index is 12.2. The van der Waals surface area contributed by atoms with E-state index in [0.29, 0.717) is 11.4 Å². The molecule has 16 heavy (non-hydrogen) atoms. The molecule has 0 fully saturated rings. The lowest BCUT2D eigenvalue weighted by atomic mass is 10.2. The van der Waals surface area contributed by atoms with Gasteiger partial charge in [-0.3, -0.25) is 9.48 Å². The first kappa shape index (κ1) is 12.5. The van der Waals surface area contributed by atoms with Crippen LogP contribution in [-0.2, 0) is 7.05 Å². The molecule has 1 amide bonds. The Morgan fingerprint density at radius 1 is 1.44 bits per heavy atom. The van der Waals surface area contributed by atoms with Gasteiger partial charge in [-0.15, -0.1) is 0 Å². The Bertz CT molecular complexity index is 353. The minimum Gasteiger partial charge on any atom is -0.383 e. The molecule has 2 N–H and O–H groups in total. The summed E-state index contributed by atoms with van der Waals surface area (Å²) in [6.45, 7) is 5.65. The molecule has 0 aliphatic heterocycles. The number of carbonyl (C=O) groups excluding carboxylic acids is 1. The molecular formula is C11H20N4O. The molecule has 5 heteroatoms. The molecule has 1 rings (SSSR count). The van der Waals surface area contributed by atoms with Crippen LogP contribution in [0.25, 0.3) is 0 Å². The first-order chi connectivity index (χ1) is 7.61. The zero-order chi connectivity index (χ0) is 12.1. The van der Waals surface area contributed by atoms with Crippen molar-refractivity contribution >= 4 is 11.7 Å². The van der Waals surface area contributed by atoms with Crippen molar-refractivity contribution in [3.05, 3.63) is 11.8 Å². The van der Waals surface area contributed by atoms with Gasteiger partial charge in [0, 0.05) is 20.1 Å². The van der Waals surface area contributed by atoms with Crippen LogP contribution in [-0.4, -0.2) is 33.7 Å². The number of anilines is 1. The Morgan fingerprint density at radius 2 is 2.00 bits per heavy atom. The second-order valence-electron chi connectivity index (χ2n) is 3.86. The van der Waals surface area contributed by atoms with E-state index in [1.54, 1.807) is 7.05 Å². The third kappa shape index (κ3) is 2.53. The van der Waals surface area contributed by atoms with Crippen LogP contribution in [0.4, 0.5) is 5.82 Å². The molecule has 0 saturated heterocycles. The van der Waals surface area contributed by atoms with Crippen molar-refractivity contribution in [2.45, 2.75) is 26.7 Å². The number of rotatable bonds is 5. The quantitative estimate of drug-likeness (QED) is 0.819. The van der Waals surface area contributed by atoms with Gasteiger partial charge in [0.05, 0.1) is 6.20 Å². The minimum atomic E-state index is -0.0192. The highest BCUT2D eigenvalue weighted by molar-refractivity contribution is 5.98. The summed E-state index contributed by atoms with van der Waals surface area (Å²) in [7, 11) is 1.73. The van der Waals surface area contributed by atoms with E-state index < -0.39 is 0 Å². The summed E-state index contributed by atoms with van der Waals surface area (Å²) in [5.41, 5.74) is 6.29. The van der Waals surface area contributed by atoms with Crippen molar-refractivity contribution in [3.63, 3.8) is 0 Å². The minimum absolute atomic E-state index is 0.0192. The standard InChI is InChI=1S/C11H20N4O/c1-4-6-15(7-5-2)11(16)9-8-13-14(3)10(9)12/h8H,4-7,12H2,1-3H3. The van der Waals surface area contributed by atoms with Crippen molar-refractivity contribution < 1.29 is 4.79 Å². The summed E-state index contributed by atoms with van der Waals surface area (Å²) in [5.74, 6) is 0.413. The first-order valence-corrected chi connectivity index (χ1v) is 5.68. The molecule has 0 atom stereocenters. The zero-order valence-corrected chi connectivity index (χ0v) is 10.2. The fourth-order valence-electron chi connectivity index (χ4n) is 1.64. The predicted octanol–water partition coefficient (Wildman–Crippen LogP) is 1.26. The van der Waals surface area contributed by atoms with Crippen LogP contribution in [0.15, 0.2) is 6.20 Å². The smallest absolute Gasteiger partial charge is 0.259 e. The SMILES string of the molecule is CCCN(CCC)C(=O)c1cnn(C)c1N. The number of aryl methyl sites for hydroxylation is 1. The van der Waals surface area contributed by atoms with Crippen molar-refractivity contribution in [2.75, 3.05) is 18.8 Å². The molecule has 0 radical (unpaired) electrons. The van der Waals surface area contributed by atoms with Gasteiger partial charge in [0.15, 0.2) is 0 Å². The van der Waals surface area contributed by atoms with Crippen LogP contribution < -0.4 is 5.73 Å². The van der Waals surface area contributed by atoms with Gasteiger partial charge in [0.2, 0.25) is 0 Å². The highest BCUT2D eigenvalue weighted by Crippen LogP contribution is 2.13.